The number of sulfonamides is 1. The summed E-state index contributed by atoms with van der Waals surface area (Å²) in [4.78, 5) is 13.7. The van der Waals surface area contributed by atoms with E-state index in [0.29, 0.717) is 25.9 Å². The Bertz CT molecular complexity index is 693. The van der Waals surface area contributed by atoms with E-state index in [1.807, 2.05) is 0 Å². The molecular weight excluding hydrogens is 343 g/mol. The van der Waals surface area contributed by atoms with Crippen molar-refractivity contribution >= 4 is 33.6 Å². The molecule has 0 bridgehead atoms. The SMILES string of the molecule is CS(=O)(=O)NC1CCN(C(=O)C=Cc2c(F)cccc2Cl)CC1. The molecule has 8 heteroatoms. The zero-order chi connectivity index (χ0) is 17.0. The molecule has 1 aliphatic rings. The van der Waals surface area contributed by atoms with Gasteiger partial charge in [0.15, 0.2) is 0 Å². The van der Waals surface area contributed by atoms with Gasteiger partial charge in [0.25, 0.3) is 0 Å². The van der Waals surface area contributed by atoms with Gasteiger partial charge in [0.2, 0.25) is 15.9 Å². The van der Waals surface area contributed by atoms with Gasteiger partial charge in [-0.3, -0.25) is 4.79 Å². The van der Waals surface area contributed by atoms with Crippen LogP contribution in [0.1, 0.15) is 18.4 Å². The van der Waals surface area contributed by atoms with Crippen LogP contribution >= 0.6 is 11.6 Å². The Morgan fingerprint density at radius 2 is 2.04 bits per heavy atom. The molecule has 2 rings (SSSR count). The Hall–Kier alpha value is -1.44. The first-order valence-corrected chi connectivity index (χ1v) is 9.41. The first-order valence-electron chi connectivity index (χ1n) is 7.14. The highest BCUT2D eigenvalue weighted by atomic mass is 35.5. The lowest BCUT2D eigenvalue weighted by atomic mass is 10.1. The number of benzene rings is 1. The highest BCUT2D eigenvalue weighted by molar-refractivity contribution is 7.88. The first kappa shape index (κ1) is 17.9. The zero-order valence-corrected chi connectivity index (χ0v) is 14.2. The first-order chi connectivity index (χ1) is 10.8. The molecule has 1 N–H and O–H groups in total. The van der Waals surface area contributed by atoms with Crippen molar-refractivity contribution in [3.05, 3.63) is 40.7 Å². The van der Waals surface area contributed by atoms with E-state index in [9.17, 15) is 17.6 Å². The van der Waals surface area contributed by atoms with E-state index in [4.69, 9.17) is 11.6 Å². The van der Waals surface area contributed by atoms with E-state index in [1.165, 1.54) is 24.3 Å². The second-order valence-corrected chi connectivity index (χ2v) is 7.65. The molecule has 1 saturated heterocycles. The average molecular weight is 361 g/mol. The number of halogens is 2. The monoisotopic (exact) mass is 360 g/mol. The van der Waals surface area contributed by atoms with Crippen molar-refractivity contribution in [1.29, 1.82) is 0 Å². The van der Waals surface area contributed by atoms with Gasteiger partial charge in [0.05, 0.1) is 11.3 Å². The Balaban J connectivity index is 1.94. The summed E-state index contributed by atoms with van der Waals surface area (Å²) in [6.07, 6.45) is 4.86. The maximum absolute atomic E-state index is 13.6. The van der Waals surface area contributed by atoms with Crippen LogP contribution in [0.25, 0.3) is 6.08 Å². The molecule has 0 atom stereocenters. The summed E-state index contributed by atoms with van der Waals surface area (Å²) in [7, 11) is -3.24. The number of carbonyl (C=O) groups excluding carboxylic acids is 1. The molecule has 1 aliphatic heterocycles. The highest BCUT2D eigenvalue weighted by Gasteiger charge is 2.23. The molecular formula is C15H18ClFN2O3S. The Labute approximate surface area is 140 Å². The summed E-state index contributed by atoms with van der Waals surface area (Å²) >= 11 is 5.90. The molecule has 1 fully saturated rings. The molecule has 1 heterocycles. The molecule has 1 aromatic rings. The third-order valence-electron chi connectivity index (χ3n) is 3.58. The lowest BCUT2D eigenvalue weighted by molar-refractivity contribution is -0.126. The number of nitrogens with one attached hydrogen (secondary N) is 1. The predicted octanol–water partition coefficient (Wildman–Crippen LogP) is 2.03. The summed E-state index contributed by atoms with van der Waals surface area (Å²) in [6.45, 7) is 0.892. The van der Waals surface area contributed by atoms with E-state index in [0.717, 1.165) is 6.26 Å². The van der Waals surface area contributed by atoms with Gasteiger partial charge in [0, 0.05) is 30.8 Å². The number of amides is 1. The van der Waals surface area contributed by atoms with Gasteiger partial charge in [-0.2, -0.15) is 0 Å². The van der Waals surface area contributed by atoms with Gasteiger partial charge in [-0.1, -0.05) is 17.7 Å². The number of hydrogen-bond acceptors (Lipinski definition) is 3. The normalized spacial score (nSPS) is 16.9. The van der Waals surface area contributed by atoms with Crippen LogP contribution in [0.4, 0.5) is 4.39 Å². The van der Waals surface area contributed by atoms with E-state index in [2.05, 4.69) is 4.72 Å². The Morgan fingerprint density at radius 3 is 2.61 bits per heavy atom. The summed E-state index contributed by atoms with van der Waals surface area (Å²) in [5.74, 6) is -0.736. The molecule has 0 radical (unpaired) electrons. The third-order valence-corrected chi connectivity index (χ3v) is 4.67. The molecule has 0 aromatic heterocycles. The highest BCUT2D eigenvalue weighted by Crippen LogP contribution is 2.20. The van der Waals surface area contributed by atoms with E-state index in [-0.39, 0.29) is 22.5 Å². The van der Waals surface area contributed by atoms with Crippen LogP contribution in [0, 0.1) is 5.82 Å². The fourth-order valence-electron chi connectivity index (χ4n) is 2.45. The summed E-state index contributed by atoms with van der Waals surface area (Å²) in [5.41, 5.74) is 0.177. The molecule has 23 heavy (non-hydrogen) atoms. The second-order valence-electron chi connectivity index (χ2n) is 5.46. The largest absolute Gasteiger partial charge is 0.339 e. The topological polar surface area (TPSA) is 66.5 Å². The number of carbonyl (C=O) groups is 1. The molecule has 0 spiro atoms. The maximum atomic E-state index is 13.6. The number of piperidine rings is 1. The third kappa shape index (κ3) is 5.30. The zero-order valence-electron chi connectivity index (χ0n) is 12.6. The van der Waals surface area contributed by atoms with Gasteiger partial charge in [-0.15, -0.1) is 0 Å². The lowest BCUT2D eigenvalue weighted by Crippen LogP contribution is -2.45. The molecule has 1 amide bonds. The minimum absolute atomic E-state index is 0.154. The number of rotatable bonds is 4. The summed E-state index contributed by atoms with van der Waals surface area (Å²) in [5, 5.41) is 0.241. The molecule has 5 nitrogen and oxygen atoms in total. The number of nitrogens with zero attached hydrogens (tertiary/aromatic N) is 1. The maximum Gasteiger partial charge on any atom is 0.246 e. The van der Waals surface area contributed by atoms with E-state index < -0.39 is 15.8 Å². The minimum atomic E-state index is -3.24. The van der Waals surface area contributed by atoms with Gasteiger partial charge < -0.3 is 4.90 Å². The molecule has 0 unspecified atom stereocenters. The van der Waals surface area contributed by atoms with Gasteiger partial charge in [-0.25, -0.2) is 17.5 Å². The van der Waals surface area contributed by atoms with Gasteiger partial charge in [-0.05, 0) is 31.1 Å². The van der Waals surface area contributed by atoms with Crippen LogP contribution in [0.15, 0.2) is 24.3 Å². The Kier molecular flexibility index (Phi) is 5.78. The van der Waals surface area contributed by atoms with Crippen molar-refractivity contribution < 1.29 is 17.6 Å². The predicted molar refractivity (Wildman–Crippen MR) is 88.0 cm³/mol. The number of hydrogen-bond donors (Lipinski definition) is 1. The number of likely N-dealkylation sites (tertiary alicyclic amines) is 1. The molecule has 0 saturated carbocycles. The molecule has 1 aromatic carbocycles. The lowest BCUT2D eigenvalue weighted by Gasteiger charge is -2.31. The van der Waals surface area contributed by atoms with Crippen LogP contribution in [-0.4, -0.2) is 44.6 Å². The fraction of sp³-hybridized carbons (Fsp3) is 0.400. The van der Waals surface area contributed by atoms with Crippen LogP contribution in [-0.2, 0) is 14.8 Å². The minimum Gasteiger partial charge on any atom is -0.339 e. The van der Waals surface area contributed by atoms with Gasteiger partial charge in [0.1, 0.15) is 5.82 Å². The second kappa shape index (κ2) is 7.42. The molecule has 0 aliphatic carbocycles. The van der Waals surface area contributed by atoms with Crippen molar-refractivity contribution in [2.75, 3.05) is 19.3 Å². The van der Waals surface area contributed by atoms with Crippen molar-refractivity contribution in [2.24, 2.45) is 0 Å². The average Bonchev–Trinajstić information content (AvgIpc) is 2.45. The van der Waals surface area contributed by atoms with Crippen molar-refractivity contribution in [3.63, 3.8) is 0 Å². The van der Waals surface area contributed by atoms with E-state index >= 15 is 0 Å². The van der Waals surface area contributed by atoms with Crippen molar-refractivity contribution in [3.8, 4) is 0 Å². The Morgan fingerprint density at radius 1 is 1.39 bits per heavy atom. The smallest absolute Gasteiger partial charge is 0.246 e. The molecule has 126 valence electrons. The van der Waals surface area contributed by atoms with Gasteiger partial charge >= 0.3 is 0 Å². The van der Waals surface area contributed by atoms with Crippen molar-refractivity contribution in [2.45, 2.75) is 18.9 Å². The standard InChI is InChI=1S/C15H18ClFN2O3S/c1-23(21,22)18-11-7-9-19(10-8-11)15(20)6-5-12-13(16)3-2-4-14(12)17/h2-6,11,18H,7-10H2,1H3. The van der Waals surface area contributed by atoms with Crippen molar-refractivity contribution in [1.82, 2.24) is 9.62 Å². The van der Waals surface area contributed by atoms with Crippen LogP contribution in [0.3, 0.4) is 0 Å². The van der Waals surface area contributed by atoms with Crippen LogP contribution in [0.2, 0.25) is 5.02 Å². The summed E-state index contributed by atoms with van der Waals surface area (Å²) < 4.78 is 38.5. The summed E-state index contributed by atoms with van der Waals surface area (Å²) in [6, 6.07) is 4.17. The quantitative estimate of drug-likeness (QED) is 0.835. The van der Waals surface area contributed by atoms with Crippen LogP contribution in [0.5, 0.6) is 0 Å². The fourth-order valence-corrected chi connectivity index (χ4v) is 3.52. The van der Waals surface area contributed by atoms with E-state index in [1.54, 1.807) is 11.0 Å². The van der Waals surface area contributed by atoms with Crippen LogP contribution < -0.4 is 4.72 Å².